The Morgan fingerprint density at radius 2 is 2.05 bits per heavy atom. The minimum Gasteiger partial charge on any atom is -0.464 e. The van der Waals surface area contributed by atoms with E-state index in [2.05, 4.69) is 25.3 Å². The van der Waals surface area contributed by atoms with Gasteiger partial charge in [0.15, 0.2) is 5.82 Å². The van der Waals surface area contributed by atoms with Gasteiger partial charge in [-0.3, -0.25) is 4.98 Å². The lowest BCUT2D eigenvalue weighted by molar-refractivity contribution is 0.312. The Labute approximate surface area is 122 Å². The maximum atomic E-state index is 5.38. The van der Waals surface area contributed by atoms with Gasteiger partial charge in [0, 0.05) is 24.2 Å². The zero-order chi connectivity index (χ0) is 14.7. The molecule has 106 valence electrons. The lowest BCUT2D eigenvalue weighted by Gasteiger charge is -2.07. The molecule has 0 aliphatic carbocycles. The average molecular weight is 281 g/mol. The predicted octanol–water partition coefficient (Wildman–Crippen LogP) is 2.53. The molecule has 1 N–H and O–H groups in total. The van der Waals surface area contributed by atoms with Crippen molar-refractivity contribution >= 4 is 16.9 Å². The van der Waals surface area contributed by atoms with Gasteiger partial charge in [0.2, 0.25) is 5.95 Å². The molecule has 2 heterocycles. The Bertz CT molecular complexity index is 775. The van der Waals surface area contributed by atoms with E-state index >= 15 is 0 Å². The quantitative estimate of drug-likeness (QED) is 0.792. The molecule has 21 heavy (non-hydrogen) atoms. The zero-order valence-corrected chi connectivity index (χ0v) is 11.9. The molecule has 0 atom stereocenters. The third kappa shape index (κ3) is 2.74. The number of nitrogens with zero attached hydrogens (tertiary/aromatic N) is 4. The molecule has 6 nitrogen and oxygen atoms in total. The Balaban J connectivity index is 2.10. The number of ether oxygens (including phenoxy) is 1. The summed E-state index contributed by atoms with van der Waals surface area (Å²) < 4.78 is 5.38. The summed E-state index contributed by atoms with van der Waals surface area (Å²) in [5, 5.41) is 3.96. The van der Waals surface area contributed by atoms with Crippen molar-refractivity contribution in [1.29, 1.82) is 0 Å². The van der Waals surface area contributed by atoms with Crippen LogP contribution >= 0.6 is 0 Å². The van der Waals surface area contributed by atoms with E-state index < -0.39 is 0 Å². The number of hydrogen-bond acceptors (Lipinski definition) is 6. The first kappa shape index (κ1) is 13.2. The lowest BCUT2D eigenvalue weighted by Crippen LogP contribution is -2.05. The smallest absolute Gasteiger partial charge is 0.321 e. The van der Waals surface area contributed by atoms with Crippen LogP contribution in [0.4, 0.5) is 5.95 Å². The number of nitrogens with one attached hydrogen (secondary N) is 1. The molecule has 3 aromatic rings. The fourth-order valence-corrected chi connectivity index (χ4v) is 2.01. The molecule has 0 bridgehead atoms. The number of rotatable bonds is 4. The van der Waals surface area contributed by atoms with Gasteiger partial charge in [-0.15, -0.1) is 0 Å². The lowest BCUT2D eigenvalue weighted by atomic mass is 10.1. The first-order valence-corrected chi connectivity index (χ1v) is 6.72. The van der Waals surface area contributed by atoms with Crippen molar-refractivity contribution in [3.05, 3.63) is 36.5 Å². The molecule has 0 unspecified atom stereocenters. The maximum Gasteiger partial charge on any atom is 0.321 e. The highest BCUT2D eigenvalue weighted by Gasteiger charge is 2.09. The van der Waals surface area contributed by atoms with Gasteiger partial charge in [-0.05, 0) is 31.2 Å². The minimum absolute atomic E-state index is 0.318. The molecular weight excluding hydrogens is 266 g/mol. The second-order valence-corrected chi connectivity index (χ2v) is 4.36. The van der Waals surface area contributed by atoms with E-state index in [1.54, 1.807) is 13.2 Å². The third-order valence-electron chi connectivity index (χ3n) is 2.97. The van der Waals surface area contributed by atoms with Crippen molar-refractivity contribution < 1.29 is 4.74 Å². The number of fused-ring (bicyclic) bond motifs is 1. The summed E-state index contributed by atoms with van der Waals surface area (Å²) in [5.74, 6) is 1.05. The number of aromatic nitrogens is 4. The summed E-state index contributed by atoms with van der Waals surface area (Å²) in [5.41, 5.74) is 1.84. The van der Waals surface area contributed by atoms with Gasteiger partial charge in [-0.25, -0.2) is 0 Å². The SMILES string of the molecule is CCOc1nc(NC)nc(-c2ccc3ncccc3c2)n1. The molecule has 2 aromatic heterocycles. The van der Waals surface area contributed by atoms with E-state index in [-0.39, 0.29) is 0 Å². The van der Waals surface area contributed by atoms with E-state index in [9.17, 15) is 0 Å². The second-order valence-electron chi connectivity index (χ2n) is 4.36. The van der Waals surface area contributed by atoms with Gasteiger partial charge in [0.1, 0.15) is 0 Å². The summed E-state index contributed by atoms with van der Waals surface area (Å²) >= 11 is 0. The van der Waals surface area contributed by atoms with Crippen LogP contribution in [0.15, 0.2) is 36.5 Å². The number of pyridine rings is 1. The van der Waals surface area contributed by atoms with Crippen LogP contribution in [0.25, 0.3) is 22.3 Å². The minimum atomic E-state index is 0.318. The third-order valence-corrected chi connectivity index (χ3v) is 2.97. The molecule has 0 saturated heterocycles. The molecule has 0 fully saturated rings. The van der Waals surface area contributed by atoms with Gasteiger partial charge >= 0.3 is 6.01 Å². The highest BCUT2D eigenvalue weighted by Crippen LogP contribution is 2.22. The van der Waals surface area contributed by atoms with Gasteiger partial charge in [-0.1, -0.05) is 6.07 Å². The van der Waals surface area contributed by atoms with Crippen molar-refractivity contribution in [2.24, 2.45) is 0 Å². The fraction of sp³-hybridized carbons (Fsp3) is 0.200. The van der Waals surface area contributed by atoms with Crippen molar-refractivity contribution in [3.63, 3.8) is 0 Å². The molecule has 0 amide bonds. The molecular formula is C15H15N5O. The van der Waals surface area contributed by atoms with Crippen LogP contribution in [0.3, 0.4) is 0 Å². The monoisotopic (exact) mass is 281 g/mol. The van der Waals surface area contributed by atoms with Crippen LogP contribution in [0.5, 0.6) is 6.01 Å². The molecule has 0 spiro atoms. The van der Waals surface area contributed by atoms with Crippen LogP contribution < -0.4 is 10.1 Å². The first-order valence-electron chi connectivity index (χ1n) is 6.72. The first-order chi connectivity index (χ1) is 10.3. The Hall–Kier alpha value is -2.76. The van der Waals surface area contributed by atoms with Gasteiger partial charge in [-0.2, -0.15) is 15.0 Å². The fourth-order valence-electron chi connectivity index (χ4n) is 2.01. The standard InChI is InChI=1S/C15H15N5O/c1-3-21-15-19-13(18-14(16-2)20-15)11-6-7-12-10(9-11)5-4-8-17-12/h4-9H,3H2,1-2H3,(H,16,18,19,20). The van der Waals surface area contributed by atoms with Crippen molar-refractivity contribution in [3.8, 4) is 17.4 Å². The topological polar surface area (TPSA) is 72.8 Å². The zero-order valence-electron chi connectivity index (χ0n) is 11.9. The Kier molecular flexibility index (Phi) is 3.59. The summed E-state index contributed by atoms with van der Waals surface area (Å²) in [4.78, 5) is 17.2. The molecule has 6 heteroatoms. The van der Waals surface area contributed by atoms with Crippen LogP contribution in [0.2, 0.25) is 0 Å². The normalized spacial score (nSPS) is 10.6. The van der Waals surface area contributed by atoms with Crippen LogP contribution in [0.1, 0.15) is 6.92 Å². The van der Waals surface area contributed by atoms with Crippen molar-refractivity contribution in [2.75, 3.05) is 19.0 Å². The highest BCUT2D eigenvalue weighted by atomic mass is 16.5. The van der Waals surface area contributed by atoms with Crippen LogP contribution in [-0.4, -0.2) is 33.6 Å². The second kappa shape index (κ2) is 5.70. The predicted molar refractivity (Wildman–Crippen MR) is 81.3 cm³/mol. The average Bonchev–Trinajstić information content (AvgIpc) is 2.54. The summed E-state index contributed by atoms with van der Waals surface area (Å²) in [6.45, 7) is 2.40. The highest BCUT2D eigenvalue weighted by molar-refractivity contribution is 5.83. The Morgan fingerprint density at radius 3 is 2.86 bits per heavy atom. The van der Waals surface area contributed by atoms with E-state index in [4.69, 9.17) is 4.74 Å². The largest absolute Gasteiger partial charge is 0.464 e. The summed E-state index contributed by atoms with van der Waals surface area (Å²) in [6.07, 6.45) is 1.78. The van der Waals surface area contributed by atoms with Gasteiger partial charge < -0.3 is 10.1 Å². The van der Waals surface area contributed by atoms with Crippen molar-refractivity contribution in [1.82, 2.24) is 19.9 Å². The van der Waals surface area contributed by atoms with Gasteiger partial charge in [0.05, 0.1) is 12.1 Å². The maximum absolute atomic E-state index is 5.38. The molecule has 0 radical (unpaired) electrons. The van der Waals surface area contributed by atoms with E-state index in [0.29, 0.717) is 24.4 Å². The number of benzene rings is 1. The van der Waals surface area contributed by atoms with Gasteiger partial charge in [0.25, 0.3) is 0 Å². The van der Waals surface area contributed by atoms with Crippen LogP contribution in [-0.2, 0) is 0 Å². The summed E-state index contributed by atoms with van der Waals surface area (Å²) in [6, 6.07) is 10.1. The molecule has 1 aromatic carbocycles. The molecule has 0 aliphatic rings. The van der Waals surface area contributed by atoms with E-state index in [1.807, 2.05) is 37.3 Å². The molecule has 0 saturated carbocycles. The number of hydrogen-bond donors (Lipinski definition) is 1. The number of anilines is 1. The molecule has 3 rings (SSSR count). The molecule has 0 aliphatic heterocycles. The summed E-state index contributed by atoms with van der Waals surface area (Å²) in [7, 11) is 1.76. The van der Waals surface area contributed by atoms with Crippen LogP contribution in [0, 0.1) is 0 Å². The van der Waals surface area contributed by atoms with Crippen molar-refractivity contribution in [2.45, 2.75) is 6.92 Å². The Morgan fingerprint density at radius 1 is 1.14 bits per heavy atom. The van der Waals surface area contributed by atoms with E-state index in [1.165, 1.54) is 0 Å². The van der Waals surface area contributed by atoms with E-state index in [0.717, 1.165) is 16.5 Å².